The summed E-state index contributed by atoms with van der Waals surface area (Å²) in [5.41, 5.74) is 9.05. The van der Waals surface area contributed by atoms with Gasteiger partial charge in [-0.25, -0.2) is 0 Å². The van der Waals surface area contributed by atoms with Gasteiger partial charge in [0, 0.05) is 17.3 Å². The van der Waals surface area contributed by atoms with Crippen molar-refractivity contribution in [1.29, 1.82) is 0 Å². The highest BCUT2D eigenvalue weighted by Gasteiger charge is 2.16. The molecule has 0 amide bonds. The lowest BCUT2D eigenvalue weighted by molar-refractivity contribution is 0.516. The summed E-state index contributed by atoms with van der Waals surface area (Å²) in [7, 11) is 0. The maximum Gasteiger partial charge on any atom is 0.0675 e. The van der Waals surface area contributed by atoms with Crippen LogP contribution in [0.2, 0.25) is 0 Å². The Bertz CT molecular complexity index is 595. The van der Waals surface area contributed by atoms with Crippen LogP contribution >= 0.6 is 0 Å². The number of aromatic nitrogens is 2. The molecule has 1 aromatic carbocycles. The van der Waals surface area contributed by atoms with Crippen molar-refractivity contribution in [3.63, 3.8) is 0 Å². The number of aryl methyl sites for hydroxylation is 3. The maximum atomic E-state index is 4.68. The van der Waals surface area contributed by atoms with Gasteiger partial charge >= 0.3 is 0 Å². The van der Waals surface area contributed by atoms with Crippen molar-refractivity contribution in [2.75, 3.05) is 0 Å². The van der Waals surface area contributed by atoms with Crippen LogP contribution in [0.25, 0.3) is 11.1 Å². The minimum atomic E-state index is 0.403. The van der Waals surface area contributed by atoms with E-state index in [1.165, 1.54) is 33.5 Å². The summed E-state index contributed by atoms with van der Waals surface area (Å²) < 4.78 is 2.12. The molecule has 2 rings (SSSR count). The number of nitrogens with zero attached hydrogens (tertiary/aromatic N) is 2. The topological polar surface area (TPSA) is 17.8 Å². The minimum absolute atomic E-state index is 0.403. The van der Waals surface area contributed by atoms with E-state index in [2.05, 4.69) is 70.4 Å². The van der Waals surface area contributed by atoms with E-state index in [4.69, 9.17) is 0 Å². The molecule has 0 unspecified atom stereocenters. The zero-order valence-electron chi connectivity index (χ0n) is 13.1. The van der Waals surface area contributed by atoms with Crippen LogP contribution in [-0.2, 0) is 0 Å². The fourth-order valence-electron chi connectivity index (χ4n) is 2.76. The lowest BCUT2D eigenvalue weighted by atomic mass is 9.95. The summed E-state index contributed by atoms with van der Waals surface area (Å²) in [5.74, 6) is 0. The van der Waals surface area contributed by atoms with Crippen molar-refractivity contribution >= 4 is 0 Å². The summed E-state index contributed by atoms with van der Waals surface area (Å²) in [6, 6.07) is 4.97. The van der Waals surface area contributed by atoms with Gasteiger partial charge in [-0.3, -0.25) is 4.68 Å². The highest BCUT2D eigenvalue weighted by atomic mass is 15.3. The fourth-order valence-corrected chi connectivity index (χ4v) is 2.76. The van der Waals surface area contributed by atoms with Gasteiger partial charge in [0.15, 0.2) is 0 Å². The third kappa shape index (κ3) is 2.32. The van der Waals surface area contributed by atoms with Gasteiger partial charge in [0.05, 0.1) is 5.69 Å². The van der Waals surface area contributed by atoms with E-state index in [1.54, 1.807) is 0 Å². The molecule has 2 heteroatoms. The standard InChI is InChI=1S/C17H24N2/c1-10(2)19-15(7)17(14(6)18-19)16-8-11(3)13(5)12(4)9-16/h8-10H,1-7H3. The van der Waals surface area contributed by atoms with Crippen LogP contribution in [0.3, 0.4) is 0 Å². The van der Waals surface area contributed by atoms with Crippen LogP contribution in [0.1, 0.15) is 48.0 Å². The first-order valence-electron chi connectivity index (χ1n) is 6.96. The van der Waals surface area contributed by atoms with Crippen LogP contribution in [0.4, 0.5) is 0 Å². The Labute approximate surface area is 116 Å². The molecule has 0 spiro atoms. The molecule has 0 aliphatic heterocycles. The van der Waals surface area contributed by atoms with E-state index in [9.17, 15) is 0 Å². The number of rotatable bonds is 2. The summed E-state index contributed by atoms with van der Waals surface area (Å²) in [6.45, 7) is 15.2. The van der Waals surface area contributed by atoms with Crippen LogP contribution in [0.15, 0.2) is 12.1 Å². The van der Waals surface area contributed by atoms with E-state index in [0.717, 1.165) is 5.69 Å². The summed E-state index contributed by atoms with van der Waals surface area (Å²) in [5, 5.41) is 4.68. The molecule has 1 heterocycles. The Morgan fingerprint density at radius 3 is 1.89 bits per heavy atom. The molecule has 102 valence electrons. The number of benzene rings is 1. The summed E-state index contributed by atoms with van der Waals surface area (Å²) in [6.07, 6.45) is 0. The quantitative estimate of drug-likeness (QED) is 0.763. The second-order valence-corrected chi connectivity index (χ2v) is 5.82. The second kappa shape index (κ2) is 4.84. The normalized spacial score (nSPS) is 11.4. The minimum Gasteiger partial charge on any atom is -0.266 e. The average molecular weight is 256 g/mol. The van der Waals surface area contributed by atoms with Gasteiger partial charge in [0.2, 0.25) is 0 Å². The molecule has 0 saturated heterocycles. The van der Waals surface area contributed by atoms with Crippen molar-refractivity contribution in [1.82, 2.24) is 9.78 Å². The van der Waals surface area contributed by atoms with Gasteiger partial charge in [-0.05, 0) is 70.7 Å². The van der Waals surface area contributed by atoms with Crippen LogP contribution in [-0.4, -0.2) is 9.78 Å². The molecule has 2 aromatic rings. The SMILES string of the molecule is Cc1cc(-c2c(C)nn(C(C)C)c2C)cc(C)c1C. The van der Waals surface area contributed by atoms with Gasteiger partial charge in [0.1, 0.15) is 0 Å². The third-order valence-electron chi connectivity index (χ3n) is 4.03. The van der Waals surface area contributed by atoms with Gasteiger partial charge in [0.25, 0.3) is 0 Å². The molecule has 0 N–H and O–H groups in total. The summed E-state index contributed by atoms with van der Waals surface area (Å²) >= 11 is 0. The first-order chi connectivity index (χ1) is 8.82. The molecular formula is C17H24N2. The number of hydrogen-bond donors (Lipinski definition) is 0. The highest BCUT2D eigenvalue weighted by Crippen LogP contribution is 2.31. The Kier molecular flexibility index (Phi) is 3.53. The number of hydrogen-bond acceptors (Lipinski definition) is 1. The van der Waals surface area contributed by atoms with E-state index in [-0.39, 0.29) is 0 Å². The molecule has 1 aromatic heterocycles. The fraction of sp³-hybridized carbons (Fsp3) is 0.471. The highest BCUT2D eigenvalue weighted by molar-refractivity contribution is 5.70. The molecule has 0 aliphatic carbocycles. The first-order valence-corrected chi connectivity index (χ1v) is 6.96. The molecule has 0 fully saturated rings. The summed E-state index contributed by atoms with van der Waals surface area (Å²) in [4.78, 5) is 0. The molecule has 0 atom stereocenters. The van der Waals surface area contributed by atoms with Crippen molar-refractivity contribution in [2.24, 2.45) is 0 Å². The maximum absolute atomic E-state index is 4.68. The van der Waals surface area contributed by atoms with Crippen molar-refractivity contribution in [2.45, 2.75) is 54.5 Å². The Balaban J connectivity index is 2.66. The van der Waals surface area contributed by atoms with Gasteiger partial charge in [-0.15, -0.1) is 0 Å². The monoisotopic (exact) mass is 256 g/mol. The Morgan fingerprint density at radius 2 is 1.47 bits per heavy atom. The molecule has 0 saturated carbocycles. The third-order valence-corrected chi connectivity index (χ3v) is 4.03. The lowest BCUT2D eigenvalue weighted by Crippen LogP contribution is -2.04. The molecule has 0 aliphatic rings. The molecular weight excluding hydrogens is 232 g/mol. The predicted octanol–water partition coefficient (Wildman–Crippen LogP) is 4.67. The van der Waals surface area contributed by atoms with Gasteiger partial charge in [-0.2, -0.15) is 5.10 Å². The molecule has 0 bridgehead atoms. The van der Waals surface area contributed by atoms with E-state index < -0.39 is 0 Å². The molecule has 19 heavy (non-hydrogen) atoms. The van der Waals surface area contributed by atoms with Gasteiger partial charge < -0.3 is 0 Å². The smallest absolute Gasteiger partial charge is 0.0675 e. The van der Waals surface area contributed by atoms with Crippen molar-refractivity contribution in [3.05, 3.63) is 40.2 Å². The predicted molar refractivity (Wildman–Crippen MR) is 81.7 cm³/mol. The largest absolute Gasteiger partial charge is 0.266 e. The average Bonchev–Trinajstić information content (AvgIpc) is 2.61. The molecule has 2 nitrogen and oxygen atoms in total. The zero-order valence-corrected chi connectivity index (χ0v) is 13.1. The zero-order chi connectivity index (χ0) is 14.3. The lowest BCUT2D eigenvalue weighted by Gasteiger charge is -2.11. The molecule has 0 radical (unpaired) electrons. The van der Waals surface area contributed by atoms with Crippen LogP contribution in [0, 0.1) is 34.6 Å². The van der Waals surface area contributed by atoms with Crippen molar-refractivity contribution in [3.8, 4) is 11.1 Å². The van der Waals surface area contributed by atoms with Crippen LogP contribution < -0.4 is 0 Å². The van der Waals surface area contributed by atoms with Crippen molar-refractivity contribution < 1.29 is 0 Å². The van der Waals surface area contributed by atoms with Gasteiger partial charge in [-0.1, -0.05) is 12.1 Å². The van der Waals surface area contributed by atoms with E-state index in [0.29, 0.717) is 6.04 Å². The Morgan fingerprint density at radius 1 is 0.947 bits per heavy atom. The van der Waals surface area contributed by atoms with E-state index in [1.807, 2.05) is 0 Å². The Hall–Kier alpha value is -1.57. The van der Waals surface area contributed by atoms with E-state index >= 15 is 0 Å². The van der Waals surface area contributed by atoms with Crippen LogP contribution in [0.5, 0.6) is 0 Å². The second-order valence-electron chi connectivity index (χ2n) is 5.82. The first kappa shape index (κ1) is 13.9.